The molecule has 0 saturated carbocycles. The number of aliphatic carboxylic acids is 1. The van der Waals surface area contributed by atoms with Crippen molar-refractivity contribution in [2.45, 2.75) is 12.0 Å². The van der Waals surface area contributed by atoms with Crippen LogP contribution in [0.2, 0.25) is 0 Å². The molecule has 1 atom stereocenters. The number of carboxylic acids is 1. The Labute approximate surface area is 186 Å². The van der Waals surface area contributed by atoms with Crippen LogP contribution in [-0.2, 0) is 9.53 Å². The number of benzene rings is 2. The lowest BCUT2D eigenvalue weighted by molar-refractivity contribution is -0.183. The number of hydrogen-bond acceptors (Lipinski definition) is 7. The fraction of sp³-hybridized carbons (Fsp3) is 0.118. The van der Waals surface area contributed by atoms with Gasteiger partial charge in [-0.05, 0) is 57.3 Å². The van der Waals surface area contributed by atoms with E-state index in [0.29, 0.717) is 0 Å². The SMILES string of the molecule is O=C(OC(c1cc(I)c(O)c(I)c1)C(F)(F)C(=O)O)c1c2c3oc1cc3OC2=O. The fourth-order valence-electron chi connectivity index (χ4n) is 2.90. The second-order valence-corrected chi connectivity index (χ2v) is 8.31. The Kier molecular flexibility index (Phi) is 4.60. The highest BCUT2D eigenvalue weighted by Gasteiger charge is 2.52. The number of rotatable bonds is 5. The first-order valence-electron chi connectivity index (χ1n) is 7.63. The van der Waals surface area contributed by atoms with Crippen LogP contribution in [-0.4, -0.2) is 34.0 Å². The van der Waals surface area contributed by atoms with E-state index >= 15 is 0 Å². The van der Waals surface area contributed by atoms with Crippen molar-refractivity contribution in [2.24, 2.45) is 0 Å². The van der Waals surface area contributed by atoms with Gasteiger partial charge >= 0.3 is 23.8 Å². The van der Waals surface area contributed by atoms with Crippen LogP contribution in [0, 0.1) is 7.14 Å². The highest BCUT2D eigenvalue weighted by Crippen LogP contribution is 2.45. The lowest BCUT2D eigenvalue weighted by Gasteiger charge is -2.24. The van der Waals surface area contributed by atoms with E-state index in [0.717, 1.165) is 12.1 Å². The van der Waals surface area contributed by atoms with Crippen molar-refractivity contribution >= 4 is 74.3 Å². The Morgan fingerprint density at radius 1 is 1.17 bits per heavy atom. The molecule has 0 fully saturated rings. The second-order valence-electron chi connectivity index (χ2n) is 5.99. The van der Waals surface area contributed by atoms with Crippen LogP contribution in [0.5, 0.6) is 11.5 Å². The predicted octanol–water partition coefficient (Wildman–Crippen LogP) is 3.94. The third kappa shape index (κ3) is 2.99. The van der Waals surface area contributed by atoms with E-state index in [4.69, 9.17) is 19.0 Å². The molecule has 2 aromatic heterocycles. The molecule has 2 N–H and O–H groups in total. The molecule has 1 aromatic carbocycles. The van der Waals surface area contributed by atoms with E-state index < -0.39 is 35.5 Å². The molecular weight excluding hydrogens is 624 g/mol. The molecule has 2 bridgehead atoms. The number of furan rings is 2. The van der Waals surface area contributed by atoms with Gasteiger partial charge in [0.25, 0.3) is 0 Å². The third-order valence-electron chi connectivity index (χ3n) is 4.21. The number of halogens is 4. The van der Waals surface area contributed by atoms with Crippen molar-refractivity contribution in [1.82, 2.24) is 0 Å². The van der Waals surface area contributed by atoms with Gasteiger partial charge in [0.1, 0.15) is 22.5 Å². The van der Waals surface area contributed by atoms with Gasteiger partial charge in [-0.15, -0.1) is 0 Å². The summed E-state index contributed by atoms with van der Waals surface area (Å²) in [6.45, 7) is 0. The van der Waals surface area contributed by atoms with Gasteiger partial charge in [0, 0.05) is 11.6 Å². The summed E-state index contributed by atoms with van der Waals surface area (Å²) in [7, 11) is 0. The van der Waals surface area contributed by atoms with Crippen molar-refractivity contribution in [3.63, 3.8) is 0 Å². The minimum atomic E-state index is -4.50. The van der Waals surface area contributed by atoms with E-state index in [-0.39, 0.29) is 40.9 Å². The number of hydrogen-bond donors (Lipinski definition) is 2. The van der Waals surface area contributed by atoms with Gasteiger partial charge in [-0.25, -0.2) is 14.4 Å². The van der Waals surface area contributed by atoms with E-state index in [1.807, 2.05) is 0 Å². The highest BCUT2D eigenvalue weighted by atomic mass is 127. The first-order valence-corrected chi connectivity index (χ1v) is 9.79. The van der Waals surface area contributed by atoms with E-state index in [9.17, 15) is 28.3 Å². The van der Waals surface area contributed by atoms with E-state index in [2.05, 4.69) is 0 Å². The Hall–Kier alpha value is -2.23. The Morgan fingerprint density at radius 2 is 1.79 bits per heavy atom. The van der Waals surface area contributed by atoms with Crippen molar-refractivity contribution in [3.8, 4) is 11.5 Å². The van der Waals surface area contributed by atoms with Crippen LogP contribution < -0.4 is 4.74 Å². The molecule has 3 heterocycles. The van der Waals surface area contributed by atoms with Crippen molar-refractivity contribution in [2.75, 3.05) is 0 Å². The average molecular weight is 630 g/mol. The predicted molar refractivity (Wildman–Crippen MR) is 107 cm³/mol. The highest BCUT2D eigenvalue weighted by molar-refractivity contribution is 14.1. The number of carbonyl (C=O) groups excluding carboxylic acids is 2. The zero-order chi connectivity index (χ0) is 21.2. The van der Waals surface area contributed by atoms with Gasteiger partial charge in [0.15, 0.2) is 11.3 Å². The molecular formula is C17H6F2I2O8. The number of carboxylic acid groups (broad SMARTS) is 1. The normalized spacial score (nSPS) is 14.3. The lowest BCUT2D eigenvalue weighted by atomic mass is 10.0. The molecule has 1 unspecified atom stereocenters. The summed E-state index contributed by atoms with van der Waals surface area (Å²) in [6, 6.07) is 3.38. The lowest BCUT2D eigenvalue weighted by Crippen LogP contribution is -2.38. The molecule has 0 aliphatic carbocycles. The monoisotopic (exact) mass is 630 g/mol. The topological polar surface area (TPSA) is 123 Å². The largest absolute Gasteiger partial charge is 0.506 e. The molecule has 4 rings (SSSR count). The van der Waals surface area contributed by atoms with Gasteiger partial charge in [-0.1, -0.05) is 0 Å². The Balaban J connectivity index is 1.78. The molecule has 29 heavy (non-hydrogen) atoms. The maximum atomic E-state index is 14.5. The summed E-state index contributed by atoms with van der Waals surface area (Å²) < 4.78 is 44.2. The molecule has 150 valence electrons. The number of carbonyl (C=O) groups is 3. The fourth-order valence-corrected chi connectivity index (χ4v) is 4.71. The van der Waals surface area contributed by atoms with Crippen molar-refractivity contribution in [3.05, 3.63) is 42.0 Å². The van der Waals surface area contributed by atoms with Gasteiger partial charge in [-0.3, -0.25) is 0 Å². The van der Waals surface area contributed by atoms with Crippen molar-refractivity contribution in [1.29, 1.82) is 0 Å². The quantitative estimate of drug-likeness (QED) is 0.322. The summed E-state index contributed by atoms with van der Waals surface area (Å²) in [6.07, 6.45) is -2.53. The summed E-state index contributed by atoms with van der Waals surface area (Å²) in [4.78, 5) is 35.7. The molecule has 1 aliphatic heterocycles. The van der Waals surface area contributed by atoms with Crippen LogP contribution in [0.15, 0.2) is 22.6 Å². The number of ether oxygens (including phenoxy) is 2. The Morgan fingerprint density at radius 3 is 2.38 bits per heavy atom. The standard InChI is InChI=1S/C17H6F2I2O8/c18-17(19,16(25)26)13(4-1-5(20)11(22)6(21)2-4)29-14(23)9-7-3-8-12(27-7)10(9)15(24)28-8/h1-3,13,22H,(H,25,26). The summed E-state index contributed by atoms with van der Waals surface area (Å²) in [5.41, 5.74) is -1.13. The van der Waals surface area contributed by atoms with Gasteiger partial charge in [0.2, 0.25) is 6.10 Å². The van der Waals surface area contributed by atoms with E-state index in [1.165, 1.54) is 6.07 Å². The summed E-state index contributed by atoms with van der Waals surface area (Å²) in [5, 5.41) is 18.8. The number of aromatic hydroxyl groups is 1. The number of fused-ring (bicyclic) bond motifs is 1. The maximum Gasteiger partial charge on any atom is 0.382 e. The number of phenols is 1. The zero-order valence-corrected chi connectivity index (χ0v) is 18.0. The van der Waals surface area contributed by atoms with Crippen LogP contribution in [0.25, 0.3) is 11.2 Å². The molecule has 12 heteroatoms. The first kappa shape index (κ1) is 20.1. The Bertz CT molecular complexity index is 1180. The molecule has 8 nitrogen and oxygen atoms in total. The van der Waals surface area contributed by atoms with Crippen molar-refractivity contribution < 1.29 is 47.3 Å². The smallest absolute Gasteiger partial charge is 0.382 e. The third-order valence-corrected chi connectivity index (χ3v) is 5.86. The molecule has 0 saturated heterocycles. The van der Waals surface area contributed by atoms with E-state index in [1.54, 1.807) is 45.2 Å². The van der Waals surface area contributed by atoms with Crippen LogP contribution in [0.3, 0.4) is 0 Å². The average Bonchev–Trinajstić information content (AvgIpc) is 3.25. The zero-order valence-electron chi connectivity index (χ0n) is 13.7. The maximum absolute atomic E-state index is 14.5. The van der Waals surface area contributed by atoms with Gasteiger partial charge < -0.3 is 24.1 Å². The van der Waals surface area contributed by atoms with Crippen LogP contribution >= 0.6 is 45.2 Å². The molecule has 0 amide bonds. The number of esters is 2. The molecule has 0 spiro atoms. The van der Waals surface area contributed by atoms with Crippen LogP contribution in [0.1, 0.15) is 32.4 Å². The second kappa shape index (κ2) is 6.65. The number of alkyl halides is 2. The van der Waals surface area contributed by atoms with Gasteiger partial charge in [0.05, 0.1) is 7.14 Å². The minimum absolute atomic E-state index is 0.00720. The van der Waals surface area contributed by atoms with Crippen LogP contribution in [0.4, 0.5) is 8.78 Å². The minimum Gasteiger partial charge on any atom is -0.506 e. The molecule has 1 aliphatic rings. The summed E-state index contributed by atoms with van der Waals surface area (Å²) >= 11 is 3.33. The first-order chi connectivity index (χ1) is 13.5. The van der Waals surface area contributed by atoms with Gasteiger partial charge in [-0.2, -0.15) is 8.78 Å². The molecule has 0 radical (unpaired) electrons. The summed E-state index contributed by atoms with van der Waals surface area (Å²) in [5.74, 6) is -9.38. The number of phenolic OH excluding ortho intramolecular Hbond substituents is 1. The molecule has 3 aromatic rings.